The van der Waals surface area contributed by atoms with Gasteiger partial charge in [-0.3, -0.25) is 0 Å². The summed E-state index contributed by atoms with van der Waals surface area (Å²) < 4.78 is 7.86. The van der Waals surface area contributed by atoms with Crippen LogP contribution >= 0.6 is 24.0 Å². The minimum atomic E-state index is 0. The Kier molecular flexibility index (Phi) is 10.8. The summed E-state index contributed by atoms with van der Waals surface area (Å²) >= 11 is 0. The third-order valence-electron chi connectivity index (χ3n) is 4.60. The summed E-state index contributed by atoms with van der Waals surface area (Å²) in [6.45, 7) is 7.47. The van der Waals surface area contributed by atoms with E-state index in [1.54, 1.807) is 6.33 Å². The van der Waals surface area contributed by atoms with E-state index in [0.29, 0.717) is 19.7 Å². The van der Waals surface area contributed by atoms with Crippen LogP contribution in [0, 0.1) is 6.92 Å². The van der Waals surface area contributed by atoms with E-state index < -0.39 is 0 Å². The Bertz CT molecular complexity index is 911. The first-order valence-corrected chi connectivity index (χ1v) is 10.4. The van der Waals surface area contributed by atoms with E-state index in [1.807, 2.05) is 42.5 Å². The highest BCUT2D eigenvalue weighted by Crippen LogP contribution is 2.10. The molecule has 0 unspecified atom stereocenters. The van der Waals surface area contributed by atoms with Crippen molar-refractivity contribution in [3.8, 4) is 5.75 Å². The molecule has 0 radical (unpaired) electrons. The molecule has 1 aromatic heterocycles. The molecule has 2 N–H and O–H groups in total. The van der Waals surface area contributed by atoms with Gasteiger partial charge >= 0.3 is 0 Å². The molecular formula is C23H31IN6O. The van der Waals surface area contributed by atoms with Crippen LogP contribution in [-0.4, -0.2) is 40.4 Å². The van der Waals surface area contributed by atoms with Gasteiger partial charge in [-0.05, 0) is 24.6 Å². The molecule has 8 heteroatoms. The number of hydrogen-bond acceptors (Lipinski definition) is 4. The van der Waals surface area contributed by atoms with Crippen LogP contribution in [0.4, 0.5) is 0 Å². The van der Waals surface area contributed by atoms with Gasteiger partial charge in [-0.15, -0.1) is 34.2 Å². The van der Waals surface area contributed by atoms with Crippen molar-refractivity contribution in [2.75, 3.05) is 19.7 Å². The molecule has 0 saturated heterocycles. The number of aliphatic imine (C=N–C) groups is 1. The number of aryl methyl sites for hydroxylation is 2. The van der Waals surface area contributed by atoms with Gasteiger partial charge in [-0.2, -0.15) is 0 Å². The molecule has 3 aromatic rings. The van der Waals surface area contributed by atoms with E-state index in [4.69, 9.17) is 9.73 Å². The number of ether oxygens (including phenoxy) is 1. The molecule has 0 aliphatic rings. The number of hydrogen-bond donors (Lipinski definition) is 2. The summed E-state index contributed by atoms with van der Waals surface area (Å²) in [6.07, 6.45) is 2.63. The molecule has 0 spiro atoms. The lowest BCUT2D eigenvalue weighted by Gasteiger charge is -2.14. The van der Waals surface area contributed by atoms with Gasteiger partial charge in [-0.25, -0.2) is 4.99 Å². The topological polar surface area (TPSA) is 76.4 Å². The lowest BCUT2D eigenvalue weighted by molar-refractivity contribution is 0.322. The van der Waals surface area contributed by atoms with E-state index in [1.165, 1.54) is 11.1 Å². The van der Waals surface area contributed by atoms with Crippen molar-refractivity contribution in [1.29, 1.82) is 0 Å². The number of halogens is 1. The van der Waals surface area contributed by atoms with Crippen LogP contribution in [0.2, 0.25) is 0 Å². The fourth-order valence-electron chi connectivity index (χ4n) is 2.94. The SMILES string of the molecule is CCc1nncn1CCNC(=NCc1ccccc1)NCCOc1ccc(C)cc1.I. The van der Waals surface area contributed by atoms with Gasteiger partial charge in [0.1, 0.15) is 24.5 Å². The Balaban J connectivity index is 0.00000341. The van der Waals surface area contributed by atoms with Crippen LogP contribution in [0.1, 0.15) is 23.9 Å². The Morgan fingerprint density at radius 2 is 1.77 bits per heavy atom. The average Bonchev–Trinajstić information content (AvgIpc) is 3.24. The molecule has 0 bridgehead atoms. The fourth-order valence-corrected chi connectivity index (χ4v) is 2.94. The predicted octanol–water partition coefficient (Wildman–Crippen LogP) is 3.58. The van der Waals surface area contributed by atoms with E-state index in [-0.39, 0.29) is 24.0 Å². The molecule has 31 heavy (non-hydrogen) atoms. The number of nitrogens with one attached hydrogen (secondary N) is 2. The number of aromatic nitrogens is 3. The zero-order chi connectivity index (χ0) is 21.0. The Hall–Kier alpha value is -2.62. The largest absolute Gasteiger partial charge is 0.492 e. The molecule has 0 amide bonds. The van der Waals surface area contributed by atoms with Gasteiger partial charge in [0.2, 0.25) is 0 Å². The molecule has 0 saturated carbocycles. The first kappa shape index (κ1) is 24.6. The average molecular weight is 534 g/mol. The van der Waals surface area contributed by atoms with Crippen LogP contribution in [0.25, 0.3) is 0 Å². The molecule has 0 aliphatic heterocycles. The smallest absolute Gasteiger partial charge is 0.191 e. The summed E-state index contributed by atoms with van der Waals surface area (Å²) in [5, 5.41) is 14.9. The highest BCUT2D eigenvalue weighted by molar-refractivity contribution is 14.0. The number of guanidine groups is 1. The Morgan fingerprint density at radius 1 is 1.03 bits per heavy atom. The van der Waals surface area contributed by atoms with Gasteiger partial charge in [0.05, 0.1) is 13.1 Å². The van der Waals surface area contributed by atoms with Crippen molar-refractivity contribution >= 4 is 29.9 Å². The molecule has 0 atom stereocenters. The third kappa shape index (κ3) is 8.56. The van der Waals surface area contributed by atoms with Crippen LogP contribution in [-0.2, 0) is 19.5 Å². The van der Waals surface area contributed by atoms with Gasteiger partial charge in [0.15, 0.2) is 5.96 Å². The minimum absolute atomic E-state index is 0. The first-order valence-electron chi connectivity index (χ1n) is 10.4. The molecular weight excluding hydrogens is 503 g/mol. The number of benzene rings is 2. The Labute approximate surface area is 201 Å². The predicted molar refractivity (Wildman–Crippen MR) is 135 cm³/mol. The molecule has 3 rings (SSSR count). The second-order valence-electron chi connectivity index (χ2n) is 6.96. The van der Waals surface area contributed by atoms with Gasteiger partial charge < -0.3 is 19.9 Å². The van der Waals surface area contributed by atoms with Crippen molar-refractivity contribution in [1.82, 2.24) is 25.4 Å². The quantitative estimate of drug-likeness (QED) is 0.180. The molecule has 1 heterocycles. The monoisotopic (exact) mass is 534 g/mol. The fraction of sp³-hybridized carbons (Fsp3) is 0.348. The van der Waals surface area contributed by atoms with E-state index in [0.717, 1.165) is 37.0 Å². The highest BCUT2D eigenvalue weighted by Gasteiger charge is 2.03. The summed E-state index contributed by atoms with van der Waals surface area (Å²) in [7, 11) is 0. The number of nitrogens with zero attached hydrogens (tertiary/aromatic N) is 4. The summed E-state index contributed by atoms with van der Waals surface area (Å²) in [4.78, 5) is 4.71. The van der Waals surface area contributed by atoms with E-state index in [9.17, 15) is 0 Å². The maximum atomic E-state index is 5.80. The maximum Gasteiger partial charge on any atom is 0.191 e. The van der Waals surface area contributed by atoms with Gasteiger partial charge in [-0.1, -0.05) is 55.0 Å². The van der Waals surface area contributed by atoms with Crippen LogP contribution in [0.5, 0.6) is 5.75 Å². The van der Waals surface area contributed by atoms with Crippen LogP contribution < -0.4 is 15.4 Å². The minimum Gasteiger partial charge on any atom is -0.492 e. The standard InChI is InChI=1S/C23H30N6O.HI/c1-3-22-28-27-18-29(22)15-13-24-23(26-17-20-7-5-4-6-8-20)25-14-16-30-21-11-9-19(2)10-12-21;/h4-12,18H,3,13-17H2,1-2H3,(H2,24,25,26);1H. The zero-order valence-corrected chi connectivity index (χ0v) is 20.5. The van der Waals surface area contributed by atoms with E-state index in [2.05, 4.69) is 51.4 Å². The molecule has 0 fully saturated rings. The van der Waals surface area contributed by atoms with Crippen molar-refractivity contribution < 1.29 is 4.74 Å². The first-order chi connectivity index (χ1) is 14.7. The summed E-state index contributed by atoms with van der Waals surface area (Å²) in [6, 6.07) is 18.3. The van der Waals surface area contributed by atoms with Gasteiger partial charge in [0, 0.05) is 19.5 Å². The lowest BCUT2D eigenvalue weighted by Crippen LogP contribution is -2.40. The molecule has 7 nitrogen and oxygen atoms in total. The van der Waals surface area contributed by atoms with Crippen molar-refractivity contribution in [2.45, 2.75) is 33.4 Å². The second-order valence-corrected chi connectivity index (χ2v) is 6.96. The van der Waals surface area contributed by atoms with Crippen molar-refractivity contribution in [3.63, 3.8) is 0 Å². The van der Waals surface area contributed by atoms with Crippen LogP contribution in [0.3, 0.4) is 0 Å². The normalized spacial score (nSPS) is 11.0. The zero-order valence-electron chi connectivity index (χ0n) is 18.1. The highest BCUT2D eigenvalue weighted by atomic mass is 127. The molecule has 2 aromatic carbocycles. The lowest BCUT2D eigenvalue weighted by atomic mass is 10.2. The van der Waals surface area contributed by atoms with Crippen LogP contribution in [0.15, 0.2) is 65.9 Å². The third-order valence-corrected chi connectivity index (χ3v) is 4.60. The molecule has 166 valence electrons. The van der Waals surface area contributed by atoms with Crippen molar-refractivity contribution in [2.24, 2.45) is 4.99 Å². The van der Waals surface area contributed by atoms with Gasteiger partial charge in [0.25, 0.3) is 0 Å². The second kappa shape index (κ2) is 13.6. The Morgan fingerprint density at radius 3 is 2.52 bits per heavy atom. The summed E-state index contributed by atoms with van der Waals surface area (Å²) in [5.41, 5.74) is 2.39. The van der Waals surface area contributed by atoms with Crippen molar-refractivity contribution in [3.05, 3.63) is 77.9 Å². The molecule has 0 aliphatic carbocycles. The number of rotatable bonds is 10. The maximum absolute atomic E-state index is 5.80. The summed E-state index contributed by atoms with van der Waals surface area (Å²) in [5.74, 6) is 2.62. The van der Waals surface area contributed by atoms with E-state index >= 15 is 0 Å².